The summed E-state index contributed by atoms with van der Waals surface area (Å²) in [6.07, 6.45) is 0. The summed E-state index contributed by atoms with van der Waals surface area (Å²) in [5, 5.41) is 0. The Balaban J connectivity index is 2.91. The highest BCUT2D eigenvalue weighted by molar-refractivity contribution is 14.1. The van der Waals surface area contributed by atoms with Crippen LogP contribution in [0.3, 0.4) is 0 Å². The number of hydrogen-bond donors (Lipinski definition) is 0. The van der Waals surface area contributed by atoms with Gasteiger partial charge in [0.2, 0.25) is 0 Å². The van der Waals surface area contributed by atoms with Gasteiger partial charge >= 0.3 is 0 Å². The van der Waals surface area contributed by atoms with Crippen molar-refractivity contribution < 1.29 is 18.6 Å². The summed E-state index contributed by atoms with van der Waals surface area (Å²) < 4.78 is 28.5. The Bertz CT molecular complexity index is 317. The van der Waals surface area contributed by atoms with Gasteiger partial charge in [-0.15, -0.1) is 0 Å². The Morgan fingerprint density at radius 3 is 2.64 bits per heavy atom. The SMILES string of the molecule is COCOc1cc(I)c(F)c(OC)c1. The highest BCUT2D eigenvalue weighted by Gasteiger charge is 2.09. The molecule has 0 heterocycles. The van der Waals surface area contributed by atoms with E-state index < -0.39 is 0 Å². The average molecular weight is 312 g/mol. The zero-order valence-electron chi connectivity index (χ0n) is 7.84. The number of benzene rings is 1. The van der Waals surface area contributed by atoms with E-state index in [9.17, 15) is 4.39 Å². The van der Waals surface area contributed by atoms with Crippen LogP contribution in [0.2, 0.25) is 0 Å². The second-order valence-electron chi connectivity index (χ2n) is 2.47. The van der Waals surface area contributed by atoms with Crippen molar-refractivity contribution in [2.75, 3.05) is 21.0 Å². The molecule has 0 aliphatic carbocycles. The van der Waals surface area contributed by atoms with Crippen molar-refractivity contribution in [3.05, 3.63) is 21.5 Å². The van der Waals surface area contributed by atoms with Gasteiger partial charge in [-0.2, -0.15) is 0 Å². The molecule has 0 aromatic heterocycles. The molecule has 0 atom stereocenters. The summed E-state index contributed by atoms with van der Waals surface area (Å²) in [6.45, 7) is 0.130. The third kappa shape index (κ3) is 2.71. The van der Waals surface area contributed by atoms with Gasteiger partial charge in [-0.3, -0.25) is 0 Å². The minimum absolute atomic E-state index is 0.130. The van der Waals surface area contributed by atoms with Crippen molar-refractivity contribution in [3.63, 3.8) is 0 Å². The molecule has 0 unspecified atom stereocenters. The van der Waals surface area contributed by atoms with Gasteiger partial charge in [0.15, 0.2) is 18.4 Å². The maximum absolute atomic E-state index is 13.3. The van der Waals surface area contributed by atoms with Crippen molar-refractivity contribution in [1.82, 2.24) is 0 Å². The fraction of sp³-hybridized carbons (Fsp3) is 0.333. The fourth-order valence-corrected chi connectivity index (χ4v) is 1.47. The van der Waals surface area contributed by atoms with Gasteiger partial charge in [-0.05, 0) is 28.7 Å². The maximum Gasteiger partial charge on any atom is 0.188 e. The van der Waals surface area contributed by atoms with Crippen LogP contribution in [0.5, 0.6) is 11.5 Å². The first-order valence-electron chi connectivity index (χ1n) is 3.83. The van der Waals surface area contributed by atoms with Crippen LogP contribution < -0.4 is 9.47 Å². The molecular formula is C9H10FIO3. The van der Waals surface area contributed by atoms with Crippen molar-refractivity contribution >= 4 is 22.6 Å². The van der Waals surface area contributed by atoms with Crippen molar-refractivity contribution in [2.45, 2.75) is 0 Å². The van der Waals surface area contributed by atoms with Crippen LogP contribution in [-0.4, -0.2) is 21.0 Å². The van der Waals surface area contributed by atoms with Gasteiger partial charge < -0.3 is 14.2 Å². The number of halogens is 2. The van der Waals surface area contributed by atoms with Crippen LogP contribution >= 0.6 is 22.6 Å². The van der Waals surface area contributed by atoms with Crippen LogP contribution in [0.25, 0.3) is 0 Å². The first-order chi connectivity index (χ1) is 6.69. The third-order valence-corrected chi connectivity index (χ3v) is 2.32. The Hall–Kier alpha value is -0.560. The molecule has 14 heavy (non-hydrogen) atoms. The monoisotopic (exact) mass is 312 g/mol. The van der Waals surface area contributed by atoms with E-state index in [0.29, 0.717) is 9.32 Å². The predicted octanol–water partition coefficient (Wildman–Crippen LogP) is 2.42. The summed E-state index contributed by atoms with van der Waals surface area (Å²) >= 11 is 1.87. The topological polar surface area (TPSA) is 27.7 Å². The molecule has 1 aromatic carbocycles. The molecule has 0 amide bonds. The Morgan fingerprint density at radius 1 is 1.36 bits per heavy atom. The second-order valence-corrected chi connectivity index (χ2v) is 3.63. The summed E-state index contributed by atoms with van der Waals surface area (Å²) in [5.41, 5.74) is 0. The van der Waals surface area contributed by atoms with Crippen LogP contribution in [0, 0.1) is 9.39 Å². The van der Waals surface area contributed by atoms with Gasteiger partial charge in [-0.1, -0.05) is 0 Å². The van der Waals surface area contributed by atoms with E-state index >= 15 is 0 Å². The molecule has 0 aliphatic heterocycles. The first kappa shape index (κ1) is 11.5. The predicted molar refractivity (Wildman–Crippen MR) is 58.2 cm³/mol. The molecule has 0 aliphatic rings. The van der Waals surface area contributed by atoms with Gasteiger partial charge in [0, 0.05) is 13.2 Å². The number of hydrogen-bond acceptors (Lipinski definition) is 3. The normalized spacial score (nSPS) is 10.0. The molecule has 0 radical (unpaired) electrons. The number of ether oxygens (including phenoxy) is 3. The molecular weight excluding hydrogens is 302 g/mol. The van der Waals surface area contributed by atoms with Crippen LogP contribution in [-0.2, 0) is 4.74 Å². The van der Waals surface area contributed by atoms with E-state index in [0.717, 1.165) is 0 Å². The molecule has 3 nitrogen and oxygen atoms in total. The second kappa shape index (κ2) is 5.35. The average Bonchev–Trinajstić information content (AvgIpc) is 2.19. The minimum atomic E-state index is -0.377. The van der Waals surface area contributed by atoms with E-state index in [1.807, 2.05) is 22.6 Å². The van der Waals surface area contributed by atoms with E-state index in [4.69, 9.17) is 14.2 Å². The van der Waals surface area contributed by atoms with Crippen LogP contribution in [0.15, 0.2) is 12.1 Å². The molecule has 1 rings (SSSR count). The lowest BCUT2D eigenvalue weighted by atomic mass is 10.3. The van der Waals surface area contributed by atoms with E-state index in [2.05, 4.69) is 0 Å². The molecule has 0 saturated carbocycles. The highest BCUT2D eigenvalue weighted by Crippen LogP contribution is 2.28. The molecule has 0 fully saturated rings. The van der Waals surface area contributed by atoms with E-state index in [-0.39, 0.29) is 18.4 Å². The summed E-state index contributed by atoms with van der Waals surface area (Å²) in [6, 6.07) is 3.06. The van der Waals surface area contributed by atoms with Crippen molar-refractivity contribution in [3.8, 4) is 11.5 Å². The fourth-order valence-electron chi connectivity index (χ4n) is 0.899. The summed E-state index contributed by atoms with van der Waals surface area (Å²) in [4.78, 5) is 0. The van der Waals surface area contributed by atoms with E-state index in [1.54, 1.807) is 6.07 Å². The summed E-state index contributed by atoms with van der Waals surface area (Å²) in [5.74, 6) is 0.315. The lowest BCUT2D eigenvalue weighted by molar-refractivity contribution is 0.0508. The maximum atomic E-state index is 13.3. The van der Waals surface area contributed by atoms with Gasteiger partial charge in [0.05, 0.1) is 10.7 Å². The van der Waals surface area contributed by atoms with E-state index in [1.165, 1.54) is 20.3 Å². The van der Waals surface area contributed by atoms with Crippen molar-refractivity contribution in [2.24, 2.45) is 0 Å². The van der Waals surface area contributed by atoms with Crippen molar-refractivity contribution in [1.29, 1.82) is 0 Å². The largest absolute Gasteiger partial charge is 0.494 e. The lowest BCUT2D eigenvalue weighted by Gasteiger charge is -2.08. The Labute approximate surface area is 95.3 Å². The molecule has 0 saturated heterocycles. The van der Waals surface area contributed by atoms with Crippen LogP contribution in [0.1, 0.15) is 0 Å². The molecule has 0 N–H and O–H groups in total. The number of rotatable bonds is 4. The third-order valence-electron chi connectivity index (χ3n) is 1.53. The quantitative estimate of drug-likeness (QED) is 0.631. The van der Waals surface area contributed by atoms with Crippen LogP contribution in [0.4, 0.5) is 4.39 Å². The smallest absolute Gasteiger partial charge is 0.188 e. The Kier molecular flexibility index (Phi) is 4.40. The molecule has 0 spiro atoms. The zero-order chi connectivity index (χ0) is 10.6. The van der Waals surface area contributed by atoms with Gasteiger partial charge in [-0.25, -0.2) is 4.39 Å². The zero-order valence-corrected chi connectivity index (χ0v) is 10.00. The first-order valence-corrected chi connectivity index (χ1v) is 4.91. The Morgan fingerprint density at radius 2 is 2.07 bits per heavy atom. The highest BCUT2D eigenvalue weighted by atomic mass is 127. The molecule has 5 heteroatoms. The summed E-state index contributed by atoms with van der Waals surface area (Å²) in [7, 11) is 2.93. The van der Waals surface area contributed by atoms with Gasteiger partial charge in [0.25, 0.3) is 0 Å². The molecule has 78 valence electrons. The lowest BCUT2D eigenvalue weighted by Crippen LogP contribution is -2.00. The standard InChI is InChI=1S/C9H10FIO3/c1-12-5-14-6-3-7(11)9(10)8(4-6)13-2/h3-4H,5H2,1-2H3. The minimum Gasteiger partial charge on any atom is -0.494 e. The number of methoxy groups -OCH3 is 2. The molecule has 0 bridgehead atoms. The molecule has 1 aromatic rings. The van der Waals surface area contributed by atoms with Gasteiger partial charge in [0.1, 0.15) is 5.75 Å².